The van der Waals surface area contributed by atoms with Gasteiger partial charge in [0.15, 0.2) is 0 Å². The highest BCUT2D eigenvalue weighted by molar-refractivity contribution is 14.1. The van der Waals surface area contributed by atoms with E-state index in [2.05, 4.69) is 27.6 Å². The van der Waals surface area contributed by atoms with Crippen LogP contribution in [0.4, 0.5) is 0 Å². The van der Waals surface area contributed by atoms with Crippen molar-refractivity contribution >= 4 is 39.9 Å². The maximum atomic E-state index is 11.1. The molecule has 0 unspecified atom stereocenters. The summed E-state index contributed by atoms with van der Waals surface area (Å²) in [7, 11) is 0. The number of benzene rings is 1. The van der Waals surface area contributed by atoms with Crippen LogP contribution in [0, 0.1) is 10.5 Å². The van der Waals surface area contributed by atoms with E-state index in [4.69, 9.17) is 9.84 Å². The summed E-state index contributed by atoms with van der Waals surface area (Å²) in [6.45, 7) is 2.41. The minimum absolute atomic E-state index is 0.202. The molecule has 0 spiro atoms. The monoisotopic (exact) mass is 389 g/mol. The fraction of sp³-hybridized carbons (Fsp3) is 0.231. The Kier molecular flexibility index (Phi) is 4.76. The summed E-state index contributed by atoms with van der Waals surface area (Å²) in [5, 5.41) is 9.13. The maximum absolute atomic E-state index is 11.1. The first-order valence-corrected chi connectivity index (χ1v) is 7.58. The number of nitrogens with zero attached hydrogens (tertiary/aromatic N) is 1. The Hall–Kier alpha value is -1.15. The van der Waals surface area contributed by atoms with E-state index in [9.17, 15) is 4.79 Å². The molecule has 0 aliphatic rings. The van der Waals surface area contributed by atoms with Crippen LogP contribution in [0.5, 0.6) is 5.75 Å². The molecule has 0 atom stereocenters. The molecule has 1 aromatic carbocycles. The van der Waals surface area contributed by atoms with Crippen LogP contribution < -0.4 is 4.74 Å². The first-order chi connectivity index (χ1) is 9.08. The van der Waals surface area contributed by atoms with Crippen molar-refractivity contribution in [2.45, 2.75) is 13.3 Å². The number of hydrogen-bond acceptors (Lipinski definition) is 4. The number of carboxylic acids is 1. The van der Waals surface area contributed by atoms with Crippen molar-refractivity contribution < 1.29 is 14.6 Å². The molecule has 0 fully saturated rings. The first kappa shape index (κ1) is 14.3. The Morgan fingerprint density at radius 2 is 2.32 bits per heavy atom. The zero-order chi connectivity index (χ0) is 13.8. The minimum Gasteiger partial charge on any atom is -0.492 e. The lowest BCUT2D eigenvalue weighted by Gasteiger charge is -2.09. The van der Waals surface area contributed by atoms with Gasteiger partial charge in [-0.3, -0.25) is 0 Å². The van der Waals surface area contributed by atoms with E-state index in [0.717, 1.165) is 15.7 Å². The van der Waals surface area contributed by atoms with E-state index < -0.39 is 5.97 Å². The van der Waals surface area contributed by atoms with E-state index in [1.165, 1.54) is 4.88 Å². The molecular weight excluding hydrogens is 377 g/mol. The van der Waals surface area contributed by atoms with Crippen LogP contribution in [0.3, 0.4) is 0 Å². The molecule has 1 heterocycles. The smallest absolute Gasteiger partial charge is 0.339 e. The topological polar surface area (TPSA) is 59.4 Å². The van der Waals surface area contributed by atoms with Crippen LogP contribution in [-0.4, -0.2) is 22.7 Å². The third kappa shape index (κ3) is 3.66. The van der Waals surface area contributed by atoms with Crippen molar-refractivity contribution in [1.29, 1.82) is 0 Å². The van der Waals surface area contributed by atoms with Crippen LogP contribution in [-0.2, 0) is 6.42 Å². The van der Waals surface area contributed by atoms with Gasteiger partial charge in [-0.25, -0.2) is 9.78 Å². The number of thiazole rings is 1. The molecule has 2 rings (SSSR count). The van der Waals surface area contributed by atoms with Crippen molar-refractivity contribution in [3.8, 4) is 5.75 Å². The summed E-state index contributed by atoms with van der Waals surface area (Å²) < 4.78 is 6.45. The van der Waals surface area contributed by atoms with Gasteiger partial charge in [0.25, 0.3) is 0 Å². The summed E-state index contributed by atoms with van der Waals surface area (Å²) in [6.07, 6.45) is 0.738. The van der Waals surface area contributed by atoms with Gasteiger partial charge in [0.05, 0.1) is 17.8 Å². The van der Waals surface area contributed by atoms with Crippen LogP contribution >= 0.6 is 33.9 Å². The van der Waals surface area contributed by atoms with Gasteiger partial charge in [-0.1, -0.05) is 0 Å². The van der Waals surface area contributed by atoms with Crippen molar-refractivity contribution in [2.75, 3.05) is 6.61 Å². The summed E-state index contributed by atoms with van der Waals surface area (Å²) in [4.78, 5) is 16.5. The van der Waals surface area contributed by atoms with Gasteiger partial charge in [-0.15, -0.1) is 11.3 Å². The van der Waals surface area contributed by atoms with Gasteiger partial charge in [0, 0.05) is 14.9 Å². The molecule has 19 heavy (non-hydrogen) atoms. The number of aryl methyl sites for hydroxylation is 1. The van der Waals surface area contributed by atoms with Crippen molar-refractivity contribution in [2.24, 2.45) is 0 Å². The zero-order valence-electron chi connectivity index (χ0n) is 10.2. The molecule has 0 saturated heterocycles. The summed E-state index contributed by atoms with van der Waals surface area (Å²) >= 11 is 3.67. The maximum Gasteiger partial charge on any atom is 0.339 e. The number of carbonyl (C=O) groups is 1. The Balaban J connectivity index is 2.03. The van der Waals surface area contributed by atoms with Gasteiger partial charge >= 0.3 is 5.97 Å². The molecule has 1 N–H and O–H groups in total. The number of carboxylic acid groups (broad SMARTS) is 1. The fourth-order valence-electron chi connectivity index (χ4n) is 1.62. The molecule has 0 radical (unpaired) electrons. The lowest BCUT2D eigenvalue weighted by atomic mass is 10.2. The number of aromatic nitrogens is 1. The summed E-state index contributed by atoms with van der Waals surface area (Å²) in [5.74, 6) is -0.558. The molecule has 0 saturated carbocycles. The predicted molar refractivity (Wildman–Crippen MR) is 82.2 cm³/mol. The van der Waals surface area contributed by atoms with Gasteiger partial charge in [-0.2, -0.15) is 0 Å². The third-order valence-electron chi connectivity index (χ3n) is 2.60. The molecule has 2 aromatic rings. The third-order valence-corrected chi connectivity index (χ3v) is 4.27. The van der Waals surface area contributed by atoms with E-state index in [1.807, 2.05) is 13.0 Å². The molecule has 0 amide bonds. The van der Waals surface area contributed by atoms with Crippen molar-refractivity contribution in [3.05, 3.63) is 43.4 Å². The molecule has 0 bridgehead atoms. The van der Waals surface area contributed by atoms with Crippen LogP contribution in [0.15, 0.2) is 23.7 Å². The normalized spacial score (nSPS) is 10.4. The largest absolute Gasteiger partial charge is 0.492 e. The number of halogens is 1. The average Bonchev–Trinajstić information content (AvgIpc) is 2.77. The van der Waals surface area contributed by atoms with Crippen molar-refractivity contribution in [1.82, 2.24) is 4.98 Å². The van der Waals surface area contributed by atoms with E-state index >= 15 is 0 Å². The molecule has 6 heteroatoms. The molecule has 0 aliphatic heterocycles. The number of hydrogen-bond donors (Lipinski definition) is 1. The lowest BCUT2D eigenvalue weighted by molar-refractivity contribution is 0.0692. The Bertz CT molecular complexity index is 597. The predicted octanol–water partition coefficient (Wildman–Crippen LogP) is 3.38. The van der Waals surface area contributed by atoms with Crippen LogP contribution in [0.25, 0.3) is 0 Å². The quantitative estimate of drug-likeness (QED) is 0.797. The minimum atomic E-state index is -0.970. The molecule has 4 nitrogen and oxygen atoms in total. The van der Waals surface area contributed by atoms with Crippen molar-refractivity contribution in [3.63, 3.8) is 0 Å². The molecule has 1 aromatic heterocycles. The highest BCUT2D eigenvalue weighted by Crippen LogP contribution is 2.22. The van der Waals surface area contributed by atoms with Gasteiger partial charge in [0.2, 0.25) is 0 Å². The molecule has 0 aliphatic carbocycles. The van der Waals surface area contributed by atoms with E-state index in [-0.39, 0.29) is 5.56 Å². The van der Waals surface area contributed by atoms with Gasteiger partial charge < -0.3 is 9.84 Å². The highest BCUT2D eigenvalue weighted by Gasteiger charge is 2.12. The second-order valence-corrected chi connectivity index (χ2v) is 6.09. The SMILES string of the molecule is Cc1ncsc1CCOc1ccc(I)cc1C(=O)O. The number of aromatic carboxylic acids is 1. The van der Waals surface area contributed by atoms with Gasteiger partial charge in [0.1, 0.15) is 11.3 Å². The zero-order valence-corrected chi connectivity index (χ0v) is 13.2. The molecular formula is C13H12INO3S. The first-order valence-electron chi connectivity index (χ1n) is 5.62. The van der Waals surface area contributed by atoms with E-state index in [1.54, 1.807) is 29.0 Å². The summed E-state index contributed by atoms with van der Waals surface area (Å²) in [5.41, 5.74) is 3.01. The fourth-order valence-corrected chi connectivity index (χ4v) is 2.87. The van der Waals surface area contributed by atoms with Crippen LogP contribution in [0.2, 0.25) is 0 Å². The highest BCUT2D eigenvalue weighted by atomic mass is 127. The second kappa shape index (κ2) is 6.33. The van der Waals surface area contributed by atoms with Gasteiger partial charge in [-0.05, 0) is 47.7 Å². The number of rotatable bonds is 5. The Morgan fingerprint density at radius 3 is 2.95 bits per heavy atom. The van der Waals surface area contributed by atoms with E-state index in [0.29, 0.717) is 12.4 Å². The van der Waals surface area contributed by atoms with Crippen LogP contribution in [0.1, 0.15) is 20.9 Å². The standard InChI is InChI=1S/C13H12INO3S/c1-8-12(19-7-15-8)4-5-18-11-3-2-9(14)6-10(11)13(16)17/h2-3,6-7H,4-5H2,1H3,(H,16,17). The average molecular weight is 389 g/mol. The molecule has 100 valence electrons. The Morgan fingerprint density at radius 1 is 1.53 bits per heavy atom. The summed E-state index contributed by atoms with van der Waals surface area (Å²) in [6, 6.07) is 5.14. The second-order valence-electron chi connectivity index (χ2n) is 3.91. The lowest BCUT2D eigenvalue weighted by Crippen LogP contribution is -2.06. The Labute approximate surface area is 128 Å². The number of ether oxygens (including phenoxy) is 1.